The quantitative estimate of drug-likeness (QED) is 0.173. The molecule has 2 aliphatic rings. The van der Waals surface area contributed by atoms with Crippen LogP contribution in [0.3, 0.4) is 0 Å². The Hall–Kier alpha value is -7.86. The molecule has 0 spiro atoms. The van der Waals surface area contributed by atoms with Crippen molar-refractivity contribution < 1.29 is 0 Å². The van der Waals surface area contributed by atoms with Crippen LogP contribution in [-0.4, -0.2) is 19.2 Å². The highest BCUT2D eigenvalue weighted by Crippen LogP contribution is 2.58. The third kappa shape index (κ3) is 4.98. The molecule has 0 amide bonds. The number of hydrogen-bond acceptors (Lipinski definition) is 3. The molecule has 12 aromatic rings. The first-order valence-electron chi connectivity index (χ1n) is 22.1. The maximum atomic E-state index is 5.32. The van der Waals surface area contributed by atoms with E-state index in [2.05, 4.69) is 215 Å². The maximum Gasteiger partial charge on any atom is 0.161 e. The Bertz CT molecular complexity index is 3850. The number of allylic oxidation sites excluding steroid dienone is 1. The predicted octanol–water partition coefficient (Wildman–Crippen LogP) is 14.9. The van der Waals surface area contributed by atoms with E-state index in [0.717, 1.165) is 52.4 Å². The van der Waals surface area contributed by atoms with E-state index in [1.165, 1.54) is 80.9 Å². The molecule has 14 rings (SSSR count). The van der Waals surface area contributed by atoms with Crippen molar-refractivity contribution in [2.24, 2.45) is 0 Å². The topological polar surface area (TPSA) is 35.1 Å². The lowest BCUT2D eigenvalue weighted by atomic mass is 9.67. The van der Waals surface area contributed by atoms with Crippen molar-refractivity contribution >= 4 is 64.9 Å². The van der Waals surface area contributed by atoms with Gasteiger partial charge in [0, 0.05) is 43.2 Å². The Kier molecular flexibility index (Phi) is 7.57. The van der Waals surface area contributed by atoms with Gasteiger partial charge in [0.2, 0.25) is 0 Å². The Balaban J connectivity index is 0.984. The van der Waals surface area contributed by atoms with Gasteiger partial charge in [-0.15, -0.1) is 11.3 Å². The van der Waals surface area contributed by atoms with Gasteiger partial charge in [-0.2, -0.15) is 5.10 Å². The molecule has 64 heavy (non-hydrogen) atoms. The number of aromatic nitrogens is 4. The molecule has 300 valence electrons. The van der Waals surface area contributed by atoms with Gasteiger partial charge in [-0.05, 0) is 118 Å². The molecular weight excluding hydrogens is 797 g/mol. The predicted molar refractivity (Wildman–Crippen MR) is 266 cm³/mol. The Labute approximate surface area is 373 Å². The van der Waals surface area contributed by atoms with Crippen molar-refractivity contribution in [3.05, 3.63) is 234 Å². The van der Waals surface area contributed by atoms with Gasteiger partial charge >= 0.3 is 0 Å². The highest BCUT2D eigenvalue weighted by molar-refractivity contribution is 7.25. The second-order valence-electron chi connectivity index (χ2n) is 17.2. The number of benzene rings is 8. The van der Waals surface area contributed by atoms with E-state index in [9.17, 15) is 0 Å². The van der Waals surface area contributed by atoms with Crippen molar-refractivity contribution in [2.75, 3.05) is 0 Å². The van der Waals surface area contributed by atoms with Gasteiger partial charge in [0.05, 0.1) is 27.8 Å². The van der Waals surface area contributed by atoms with Gasteiger partial charge in [-0.1, -0.05) is 146 Å². The van der Waals surface area contributed by atoms with Crippen LogP contribution in [0.2, 0.25) is 0 Å². The van der Waals surface area contributed by atoms with Gasteiger partial charge in [0.1, 0.15) is 4.83 Å². The van der Waals surface area contributed by atoms with Crippen molar-refractivity contribution in [1.82, 2.24) is 19.2 Å². The second kappa shape index (κ2) is 13.6. The van der Waals surface area contributed by atoms with Crippen LogP contribution in [-0.2, 0) is 11.8 Å². The summed E-state index contributed by atoms with van der Waals surface area (Å²) in [5.74, 6) is 0.843. The fourth-order valence-electron chi connectivity index (χ4n) is 11.0. The normalized spacial score (nSPS) is 13.9. The number of nitrogens with zero attached hydrogens (tertiary/aromatic N) is 4. The molecular formula is C59H38N4S. The molecule has 0 unspecified atom stereocenters. The molecule has 2 aliphatic carbocycles. The number of fused-ring (bicyclic) bond motifs is 12. The van der Waals surface area contributed by atoms with Gasteiger partial charge in [0.15, 0.2) is 5.82 Å². The van der Waals surface area contributed by atoms with Gasteiger partial charge in [0.25, 0.3) is 0 Å². The molecule has 0 atom stereocenters. The molecule has 8 aromatic carbocycles. The summed E-state index contributed by atoms with van der Waals surface area (Å²) >= 11 is 1.87. The summed E-state index contributed by atoms with van der Waals surface area (Å²) in [6.45, 7) is 0. The first-order chi connectivity index (χ1) is 31.7. The van der Waals surface area contributed by atoms with Crippen LogP contribution >= 0.6 is 11.3 Å². The first kappa shape index (κ1) is 35.7. The van der Waals surface area contributed by atoms with Gasteiger partial charge < -0.3 is 4.57 Å². The molecule has 4 aromatic heterocycles. The summed E-state index contributed by atoms with van der Waals surface area (Å²) in [5, 5.41) is 11.6. The summed E-state index contributed by atoms with van der Waals surface area (Å²) in [6.07, 6.45) is 6.37. The van der Waals surface area contributed by atoms with Crippen LogP contribution in [0.4, 0.5) is 0 Å². The van der Waals surface area contributed by atoms with Crippen molar-refractivity contribution in [3.63, 3.8) is 0 Å². The monoisotopic (exact) mass is 834 g/mol. The van der Waals surface area contributed by atoms with Crippen molar-refractivity contribution in [2.45, 2.75) is 18.3 Å². The largest absolute Gasteiger partial charge is 0.301 e. The lowest BCUT2D eigenvalue weighted by molar-refractivity contribution is 0.769. The highest BCUT2D eigenvalue weighted by atomic mass is 32.1. The SMILES string of the molecule is C1=Cc2nc(-c3ccc(-n4c5cc6c(cc5c5c7ccccc7sc54)C(c4ccccc4)(c4ccccc4)c4ccccc4-6)cc3)n3nc(-c4ccc5ccccc5c4)cc3c2CC1. The zero-order valence-electron chi connectivity index (χ0n) is 34.7. The molecule has 0 aliphatic heterocycles. The van der Waals surface area contributed by atoms with E-state index >= 15 is 0 Å². The summed E-state index contributed by atoms with van der Waals surface area (Å²) in [6, 6.07) is 71.6. The minimum atomic E-state index is -0.479. The molecule has 0 saturated carbocycles. The Morgan fingerprint density at radius 2 is 1.27 bits per heavy atom. The zero-order chi connectivity index (χ0) is 41.9. The van der Waals surface area contributed by atoms with Gasteiger partial charge in [-0.3, -0.25) is 0 Å². The fraction of sp³-hybridized carbons (Fsp3) is 0.0508. The molecule has 4 nitrogen and oxygen atoms in total. The molecule has 0 N–H and O–H groups in total. The van der Waals surface area contributed by atoms with Crippen LogP contribution in [0, 0.1) is 0 Å². The Morgan fingerprint density at radius 3 is 2.09 bits per heavy atom. The first-order valence-corrected chi connectivity index (χ1v) is 22.9. The van der Waals surface area contributed by atoms with E-state index in [0.29, 0.717) is 0 Å². The van der Waals surface area contributed by atoms with E-state index < -0.39 is 5.41 Å². The molecule has 0 fully saturated rings. The fourth-order valence-corrected chi connectivity index (χ4v) is 12.3. The average molecular weight is 835 g/mol. The second-order valence-corrected chi connectivity index (χ2v) is 18.3. The minimum Gasteiger partial charge on any atom is -0.301 e. The van der Waals surface area contributed by atoms with Crippen LogP contribution in [0.5, 0.6) is 0 Å². The lowest BCUT2D eigenvalue weighted by Gasteiger charge is -2.34. The standard InChI is InChI=1S/C59H38N4S/c1-3-17-41(18-4-1)59(42-19-5-2-6-20-42)49-24-12-9-21-44(49)47-35-53-48(34-50(47)59)56-46-23-11-14-26-55(46)64-58(56)62(53)43-31-29-38(30-32-43)57-60-51-25-13-10-22-45(51)54-36-52(61-63(54)57)40-28-27-37-15-7-8-16-39(37)33-40/h1-9,11-21,23-36H,10,22H2. The van der Waals surface area contributed by atoms with E-state index in [1.54, 1.807) is 0 Å². The minimum absolute atomic E-state index is 0.479. The van der Waals surface area contributed by atoms with Crippen LogP contribution in [0.15, 0.2) is 200 Å². The van der Waals surface area contributed by atoms with Crippen molar-refractivity contribution in [1.29, 1.82) is 0 Å². The summed E-state index contributed by atoms with van der Waals surface area (Å²) in [5.41, 5.74) is 16.1. The van der Waals surface area contributed by atoms with E-state index in [4.69, 9.17) is 10.1 Å². The zero-order valence-corrected chi connectivity index (χ0v) is 35.6. The number of thiophene rings is 1. The maximum absolute atomic E-state index is 5.32. The average Bonchev–Trinajstić information content (AvgIpc) is 4.12. The highest BCUT2D eigenvalue weighted by Gasteiger charge is 2.46. The molecule has 0 radical (unpaired) electrons. The molecule has 5 heteroatoms. The third-order valence-electron chi connectivity index (χ3n) is 13.9. The van der Waals surface area contributed by atoms with Gasteiger partial charge in [-0.25, -0.2) is 9.50 Å². The molecule has 0 bridgehead atoms. The summed E-state index contributed by atoms with van der Waals surface area (Å²) < 4.78 is 5.87. The number of hydrogen-bond donors (Lipinski definition) is 0. The lowest BCUT2D eigenvalue weighted by Crippen LogP contribution is -2.28. The van der Waals surface area contributed by atoms with E-state index in [1.807, 2.05) is 11.3 Å². The molecule has 4 heterocycles. The summed E-state index contributed by atoms with van der Waals surface area (Å²) in [7, 11) is 0. The Morgan fingerprint density at radius 1 is 0.547 bits per heavy atom. The number of aryl methyl sites for hydroxylation is 1. The van der Waals surface area contributed by atoms with Crippen molar-refractivity contribution in [3.8, 4) is 39.5 Å². The smallest absolute Gasteiger partial charge is 0.161 e. The van der Waals surface area contributed by atoms with Crippen LogP contribution in [0.1, 0.15) is 39.9 Å². The van der Waals surface area contributed by atoms with Crippen LogP contribution in [0.25, 0.3) is 93.0 Å². The van der Waals surface area contributed by atoms with E-state index in [-0.39, 0.29) is 0 Å². The van der Waals surface area contributed by atoms with Crippen LogP contribution < -0.4 is 0 Å². The third-order valence-corrected chi connectivity index (χ3v) is 15.0. The molecule has 0 saturated heterocycles. The summed E-state index contributed by atoms with van der Waals surface area (Å²) in [4.78, 5) is 6.57. The number of rotatable bonds is 5.